The predicted octanol–water partition coefficient (Wildman–Crippen LogP) is 1.72. The minimum absolute atomic E-state index is 1.06. The summed E-state index contributed by atoms with van der Waals surface area (Å²) in [7, 11) is 0. The SMILES string of the molecule is C=Cc1cc[14cH]nc1. The van der Waals surface area contributed by atoms with Crippen LogP contribution in [0.25, 0.3) is 6.08 Å². The van der Waals surface area contributed by atoms with Crippen LogP contribution in [0.1, 0.15) is 5.56 Å². The fourth-order valence-corrected chi connectivity index (χ4v) is 0.497. The van der Waals surface area contributed by atoms with Gasteiger partial charge in [0.1, 0.15) is 0 Å². The molecule has 0 unspecified atom stereocenters. The second-order valence-corrected chi connectivity index (χ2v) is 1.49. The molecule has 0 aliphatic rings. The molecule has 1 aromatic rings. The Bertz CT molecular complexity index is 167. The van der Waals surface area contributed by atoms with Crippen LogP contribution < -0.4 is 0 Å². The van der Waals surface area contributed by atoms with Gasteiger partial charge in [-0.25, -0.2) is 0 Å². The summed E-state index contributed by atoms with van der Waals surface area (Å²) in [5, 5.41) is 0. The molecule has 40 valence electrons. The van der Waals surface area contributed by atoms with Crippen LogP contribution in [-0.4, -0.2) is 4.98 Å². The summed E-state index contributed by atoms with van der Waals surface area (Å²) in [5.74, 6) is 0. The lowest BCUT2D eigenvalue weighted by molar-refractivity contribution is 1.32. The van der Waals surface area contributed by atoms with Crippen LogP contribution in [0.5, 0.6) is 0 Å². The summed E-state index contributed by atoms with van der Waals surface area (Å²) < 4.78 is 0. The first-order valence-electron chi connectivity index (χ1n) is 2.46. The minimum atomic E-state index is 1.06. The van der Waals surface area contributed by atoms with Crippen molar-refractivity contribution >= 4 is 6.08 Å². The maximum atomic E-state index is 3.88. The molecule has 0 saturated carbocycles. The molecular weight excluding hydrogens is 100 g/mol. The average Bonchev–Trinajstić information content (AvgIpc) is 1.90. The fourth-order valence-electron chi connectivity index (χ4n) is 0.497. The predicted molar refractivity (Wildman–Crippen MR) is 34.3 cm³/mol. The van der Waals surface area contributed by atoms with E-state index in [-0.39, 0.29) is 0 Å². The van der Waals surface area contributed by atoms with Gasteiger partial charge in [0.25, 0.3) is 0 Å². The summed E-state index contributed by atoms with van der Waals surface area (Å²) >= 11 is 0. The van der Waals surface area contributed by atoms with Crippen LogP contribution in [0, 0.1) is 0 Å². The van der Waals surface area contributed by atoms with Crippen molar-refractivity contribution in [2.75, 3.05) is 0 Å². The molecule has 1 heteroatoms. The molecule has 0 bridgehead atoms. The summed E-state index contributed by atoms with van der Waals surface area (Å²) in [6.45, 7) is 3.59. The number of hydrogen-bond donors (Lipinski definition) is 0. The van der Waals surface area contributed by atoms with Crippen LogP contribution >= 0.6 is 0 Å². The van der Waals surface area contributed by atoms with Gasteiger partial charge in [0.15, 0.2) is 0 Å². The average molecular weight is 107 g/mol. The highest BCUT2D eigenvalue weighted by molar-refractivity contribution is 5.44. The van der Waals surface area contributed by atoms with Gasteiger partial charge in [0.2, 0.25) is 0 Å². The molecule has 8 heavy (non-hydrogen) atoms. The fraction of sp³-hybridized carbons (Fsp3) is 0. The van der Waals surface area contributed by atoms with E-state index in [0.29, 0.717) is 0 Å². The van der Waals surface area contributed by atoms with Gasteiger partial charge in [0.05, 0.1) is 0 Å². The molecule has 0 spiro atoms. The van der Waals surface area contributed by atoms with Crippen LogP contribution in [0.3, 0.4) is 0 Å². The van der Waals surface area contributed by atoms with Crippen molar-refractivity contribution < 1.29 is 0 Å². The largest absolute Gasteiger partial charge is 0.264 e. The van der Waals surface area contributed by atoms with Crippen LogP contribution in [0.2, 0.25) is 0 Å². The quantitative estimate of drug-likeness (QED) is 0.532. The molecule has 0 atom stereocenters. The van der Waals surface area contributed by atoms with Crippen LogP contribution in [-0.2, 0) is 0 Å². The molecule has 0 aliphatic heterocycles. The lowest BCUT2D eigenvalue weighted by Crippen LogP contribution is -1.70. The Morgan fingerprint density at radius 2 is 2.62 bits per heavy atom. The first-order chi connectivity index (χ1) is 3.93. The minimum Gasteiger partial charge on any atom is -0.264 e. The van der Waals surface area contributed by atoms with E-state index in [4.69, 9.17) is 0 Å². The van der Waals surface area contributed by atoms with E-state index in [1.165, 1.54) is 0 Å². The molecule has 1 rings (SSSR count). The highest BCUT2D eigenvalue weighted by Crippen LogP contribution is 1.94. The summed E-state index contributed by atoms with van der Waals surface area (Å²) in [4.78, 5) is 3.88. The van der Waals surface area contributed by atoms with Crippen molar-refractivity contribution in [3.63, 3.8) is 0 Å². The molecule has 0 radical (unpaired) electrons. The Hall–Kier alpha value is -1.11. The zero-order valence-electron chi connectivity index (χ0n) is 4.54. The summed E-state index contributed by atoms with van der Waals surface area (Å²) in [6, 6.07) is 3.84. The van der Waals surface area contributed by atoms with E-state index in [1.807, 2.05) is 12.1 Å². The Kier molecular flexibility index (Phi) is 1.42. The van der Waals surface area contributed by atoms with Gasteiger partial charge in [0, 0.05) is 12.4 Å². The third kappa shape index (κ3) is 0.936. The smallest absolute Gasteiger partial charge is 0.0340 e. The lowest BCUT2D eigenvalue weighted by atomic mass is 10.3. The highest BCUT2D eigenvalue weighted by Gasteiger charge is 1.77. The molecule has 0 saturated heterocycles. The molecule has 0 aliphatic carbocycles. The van der Waals surface area contributed by atoms with E-state index in [2.05, 4.69) is 11.6 Å². The molecule has 1 heterocycles. The van der Waals surface area contributed by atoms with Gasteiger partial charge in [-0.3, -0.25) is 4.98 Å². The maximum Gasteiger partial charge on any atom is 0.0340 e. The summed E-state index contributed by atoms with van der Waals surface area (Å²) in [6.07, 6.45) is 5.28. The topological polar surface area (TPSA) is 12.9 Å². The van der Waals surface area contributed by atoms with Gasteiger partial charge in [-0.05, 0) is 11.6 Å². The van der Waals surface area contributed by atoms with Crippen molar-refractivity contribution in [3.05, 3.63) is 36.7 Å². The Labute approximate surface area is 48.7 Å². The maximum absolute atomic E-state index is 3.88. The molecule has 1 nitrogen and oxygen atoms in total. The van der Waals surface area contributed by atoms with Crippen molar-refractivity contribution in [3.8, 4) is 0 Å². The first kappa shape index (κ1) is 5.04. The monoisotopic (exact) mass is 107 g/mol. The number of rotatable bonds is 1. The van der Waals surface area contributed by atoms with Crippen LogP contribution in [0.15, 0.2) is 31.1 Å². The van der Waals surface area contributed by atoms with Gasteiger partial charge in [-0.15, -0.1) is 0 Å². The van der Waals surface area contributed by atoms with Crippen molar-refractivity contribution in [1.82, 2.24) is 4.98 Å². The Balaban J connectivity index is 2.99. The molecule has 0 amide bonds. The molecular formula is C7H7N. The van der Waals surface area contributed by atoms with Crippen molar-refractivity contribution in [2.24, 2.45) is 0 Å². The van der Waals surface area contributed by atoms with E-state index < -0.39 is 0 Å². The van der Waals surface area contributed by atoms with E-state index in [9.17, 15) is 0 Å². The number of hydrogen-bond acceptors (Lipinski definition) is 1. The first-order valence-corrected chi connectivity index (χ1v) is 2.46. The third-order valence-corrected chi connectivity index (χ3v) is 0.920. The number of pyridine rings is 1. The van der Waals surface area contributed by atoms with Gasteiger partial charge in [-0.2, -0.15) is 0 Å². The molecule has 1 aromatic heterocycles. The standard InChI is InChI=1S/C7H7N/c1-2-7-4-3-5-8-6-7/h2-6H,1H2/i5+2. The normalized spacial score (nSPS) is 8.50. The van der Waals surface area contributed by atoms with Crippen LogP contribution in [0.4, 0.5) is 0 Å². The summed E-state index contributed by atoms with van der Waals surface area (Å²) in [5.41, 5.74) is 1.06. The van der Waals surface area contributed by atoms with Gasteiger partial charge < -0.3 is 0 Å². The molecule has 0 N–H and O–H groups in total. The highest BCUT2D eigenvalue weighted by atomic mass is 15.1. The number of nitrogens with zero attached hydrogens (tertiary/aromatic N) is 1. The third-order valence-electron chi connectivity index (χ3n) is 0.920. The zero-order valence-corrected chi connectivity index (χ0v) is 4.54. The molecule has 0 fully saturated rings. The van der Waals surface area contributed by atoms with Gasteiger partial charge in [-0.1, -0.05) is 18.7 Å². The second-order valence-electron chi connectivity index (χ2n) is 1.49. The number of aromatic nitrogens is 1. The molecule has 0 aromatic carbocycles. The lowest BCUT2D eigenvalue weighted by Gasteiger charge is -1.84. The van der Waals surface area contributed by atoms with E-state index in [1.54, 1.807) is 18.5 Å². The van der Waals surface area contributed by atoms with Crippen molar-refractivity contribution in [1.29, 1.82) is 0 Å². The second kappa shape index (κ2) is 2.26. The van der Waals surface area contributed by atoms with E-state index in [0.717, 1.165) is 5.56 Å². The Morgan fingerprint density at radius 1 is 1.75 bits per heavy atom. The van der Waals surface area contributed by atoms with Crippen molar-refractivity contribution in [2.45, 2.75) is 0 Å². The Morgan fingerprint density at radius 3 is 3.00 bits per heavy atom. The zero-order chi connectivity index (χ0) is 5.82. The van der Waals surface area contributed by atoms with E-state index >= 15 is 0 Å². The van der Waals surface area contributed by atoms with Gasteiger partial charge >= 0.3 is 0 Å².